The van der Waals surface area contributed by atoms with Gasteiger partial charge in [0.25, 0.3) is 0 Å². The Bertz CT molecular complexity index is 2650. The van der Waals surface area contributed by atoms with Gasteiger partial charge in [-0.2, -0.15) is 0 Å². The topological polar surface area (TPSA) is 0 Å². The molecule has 7 aromatic carbocycles. The van der Waals surface area contributed by atoms with Crippen LogP contribution >= 0.6 is 0 Å². The summed E-state index contributed by atoms with van der Waals surface area (Å²) >= 11 is -3.16. The van der Waals surface area contributed by atoms with Gasteiger partial charge in [0, 0.05) is 0 Å². The molecule has 0 heterocycles. The van der Waals surface area contributed by atoms with Crippen LogP contribution in [0, 0.1) is 0 Å². The average molecular weight is 788 g/mol. The third-order valence-corrected chi connectivity index (χ3v) is 35.4. The van der Waals surface area contributed by atoms with Crippen molar-refractivity contribution in [1.82, 2.24) is 0 Å². The maximum absolute atomic E-state index is 3.16. The summed E-state index contributed by atoms with van der Waals surface area (Å²) in [7, 11) is 0. The van der Waals surface area contributed by atoms with Crippen molar-refractivity contribution >= 4 is 51.6 Å². The van der Waals surface area contributed by atoms with E-state index in [9.17, 15) is 0 Å². The van der Waals surface area contributed by atoms with Gasteiger partial charge in [-0.25, -0.2) is 0 Å². The number of rotatable bonds is 10. The second-order valence-electron chi connectivity index (χ2n) is 17.1. The summed E-state index contributed by atoms with van der Waals surface area (Å²) in [6.07, 6.45) is 11.5. The van der Waals surface area contributed by atoms with E-state index in [4.69, 9.17) is 0 Å². The molecule has 0 saturated heterocycles. The molecule has 0 aromatic heterocycles. The van der Waals surface area contributed by atoms with Gasteiger partial charge in [0.05, 0.1) is 0 Å². The molecule has 7 aromatic rings. The molecule has 10 rings (SSSR count). The molecular weight excluding hydrogens is 737 g/mol. The molecular formula is C55H51SiTi. The van der Waals surface area contributed by atoms with Crippen LogP contribution in [-0.4, -0.2) is 6.66 Å². The van der Waals surface area contributed by atoms with Crippen LogP contribution < -0.4 is 5.19 Å². The molecule has 0 amide bonds. The molecule has 3 unspecified atom stereocenters. The molecule has 3 aliphatic carbocycles. The normalized spacial score (nSPS) is 19.2. The number of hydrogen-bond donors (Lipinski definition) is 0. The van der Waals surface area contributed by atoms with E-state index < -0.39 is 22.5 Å². The number of hydrogen-bond acceptors (Lipinski definition) is 0. The summed E-state index contributed by atoms with van der Waals surface area (Å²) in [6.45, 7) is 9.16. The van der Waals surface area contributed by atoms with E-state index in [1.807, 2.05) is 0 Å². The molecule has 0 bridgehead atoms. The van der Waals surface area contributed by atoms with Crippen LogP contribution in [-0.2, 0) is 15.8 Å². The molecule has 0 nitrogen and oxygen atoms in total. The molecule has 0 aliphatic heterocycles. The van der Waals surface area contributed by atoms with Crippen molar-refractivity contribution in [3.8, 4) is 11.1 Å². The van der Waals surface area contributed by atoms with Crippen molar-refractivity contribution in [2.24, 2.45) is 0 Å². The standard InChI is InChI=1S/C20H21.2C14H11.C7H8Si.Ti/c1-3-4-11-17-15(2)14-20-18(12-8-13-19(17)20)16-9-6-5-7-10-16;2*1-10-8-12-7-6-11-4-2-3-5-13(11)14(12)9-10;1-8-7-5-3-2-4-6-7;/h5-10,12-14,17H,1,3-4,11H2,2H3;2*2-9H,1H3;2-6H,1H3;. The Kier molecular flexibility index (Phi) is 9.53. The van der Waals surface area contributed by atoms with Crippen LogP contribution in [0.3, 0.4) is 0 Å². The minimum absolute atomic E-state index is 0.492. The van der Waals surface area contributed by atoms with Gasteiger partial charge in [-0.15, -0.1) is 0 Å². The predicted molar refractivity (Wildman–Crippen MR) is 245 cm³/mol. The van der Waals surface area contributed by atoms with E-state index in [0.717, 1.165) is 0 Å². The summed E-state index contributed by atoms with van der Waals surface area (Å²) in [5.74, 6) is 0.492. The first-order valence-electron chi connectivity index (χ1n) is 21.1. The van der Waals surface area contributed by atoms with E-state index in [1.165, 1.54) is 84.5 Å². The molecule has 2 heteroatoms. The van der Waals surface area contributed by atoms with E-state index in [-0.39, 0.29) is 0 Å². The Balaban J connectivity index is 1.09. The molecule has 3 atom stereocenters. The Hall–Kier alpha value is -4.79. The van der Waals surface area contributed by atoms with Crippen LogP contribution in [0.2, 0.25) is 11.3 Å². The van der Waals surface area contributed by atoms with Gasteiger partial charge in [-0.3, -0.25) is 0 Å². The van der Waals surface area contributed by atoms with Crippen LogP contribution in [0.25, 0.3) is 50.9 Å². The zero-order valence-electron chi connectivity index (χ0n) is 33.7. The molecule has 279 valence electrons. The Morgan fingerprint density at radius 2 is 1.02 bits per heavy atom. The van der Waals surface area contributed by atoms with Gasteiger partial charge in [-0.05, 0) is 0 Å². The van der Waals surface area contributed by atoms with Gasteiger partial charge in [-0.1, -0.05) is 0 Å². The van der Waals surface area contributed by atoms with Crippen molar-refractivity contribution in [1.29, 1.82) is 0 Å². The van der Waals surface area contributed by atoms with E-state index >= 15 is 0 Å². The minimum atomic E-state index is -3.16. The molecule has 0 fully saturated rings. The Morgan fingerprint density at radius 1 is 0.474 bits per heavy atom. The van der Waals surface area contributed by atoms with Crippen molar-refractivity contribution in [2.45, 2.75) is 65.7 Å². The fourth-order valence-electron chi connectivity index (χ4n) is 11.6. The van der Waals surface area contributed by atoms with E-state index in [1.54, 1.807) is 27.5 Å². The van der Waals surface area contributed by atoms with Crippen molar-refractivity contribution in [2.75, 3.05) is 0 Å². The molecule has 3 aliphatic rings. The van der Waals surface area contributed by atoms with Gasteiger partial charge >= 0.3 is 346 Å². The fourth-order valence-corrected chi connectivity index (χ4v) is 35.1. The summed E-state index contributed by atoms with van der Waals surface area (Å²) in [5.41, 5.74) is 16.6. The molecule has 57 heavy (non-hydrogen) atoms. The molecule has 0 saturated carbocycles. The molecule has 1 radical (unpaired) electrons. The van der Waals surface area contributed by atoms with Gasteiger partial charge in [0.2, 0.25) is 0 Å². The summed E-state index contributed by atoms with van der Waals surface area (Å²) in [5, 5.41) is 7.17. The number of allylic oxidation sites excluding steroid dienone is 3. The van der Waals surface area contributed by atoms with Crippen LogP contribution in [0.1, 0.15) is 87.8 Å². The Morgan fingerprint density at radius 3 is 1.63 bits per heavy atom. The second-order valence-corrected chi connectivity index (χ2v) is 32.1. The third kappa shape index (κ3) is 6.05. The van der Waals surface area contributed by atoms with Gasteiger partial charge in [0.1, 0.15) is 0 Å². The van der Waals surface area contributed by atoms with Crippen molar-refractivity contribution in [3.63, 3.8) is 0 Å². The fraction of sp³-hybridized carbons (Fsp3) is 0.200. The molecule has 0 spiro atoms. The van der Waals surface area contributed by atoms with E-state index in [0.29, 0.717) is 14.4 Å². The van der Waals surface area contributed by atoms with Crippen LogP contribution in [0.4, 0.5) is 0 Å². The summed E-state index contributed by atoms with van der Waals surface area (Å²) in [6, 6.07) is 58.0. The maximum atomic E-state index is 2.75. The predicted octanol–water partition coefficient (Wildman–Crippen LogP) is 14.7. The first kappa shape index (κ1) is 36.5. The average Bonchev–Trinajstić information content (AvgIpc) is 3.90. The first-order valence-corrected chi connectivity index (χ1v) is 28.3. The van der Waals surface area contributed by atoms with Crippen molar-refractivity contribution in [3.05, 3.63) is 202 Å². The molecule has 0 N–H and O–H groups in total. The van der Waals surface area contributed by atoms with Crippen molar-refractivity contribution < 1.29 is 15.8 Å². The SMILES string of the molecule is CC1=Cc2c(-c3ccccc3)cccc2C1CCC[CH2][Ti]([CH]1C(C)=Cc2c1ccc1ccccc21)([CH]1C(C)=Cc2c1ccc1ccccc21)[Si](C)c1ccccc1. The van der Waals surface area contributed by atoms with Gasteiger partial charge in [0.15, 0.2) is 0 Å². The zero-order chi connectivity index (χ0) is 38.7. The number of fused-ring (bicyclic) bond motifs is 7. The quantitative estimate of drug-likeness (QED) is 0.0957. The van der Waals surface area contributed by atoms with Crippen LogP contribution in [0.15, 0.2) is 168 Å². The van der Waals surface area contributed by atoms with Crippen LogP contribution in [0.5, 0.6) is 0 Å². The van der Waals surface area contributed by atoms with E-state index in [2.05, 4.69) is 197 Å². The summed E-state index contributed by atoms with van der Waals surface area (Å²) < 4.78 is 2.39. The number of unbranched alkanes of at least 4 members (excludes halogenated alkanes) is 1. The first-order chi connectivity index (χ1) is 27.9. The summed E-state index contributed by atoms with van der Waals surface area (Å²) in [4.78, 5) is 0. The number of benzene rings is 7. The second kappa shape index (κ2) is 14.9. The Labute approximate surface area is 343 Å². The third-order valence-electron chi connectivity index (χ3n) is 14.1. The monoisotopic (exact) mass is 787 g/mol. The zero-order valence-corrected chi connectivity index (χ0v) is 36.3. The van der Waals surface area contributed by atoms with Gasteiger partial charge < -0.3 is 0 Å².